The number of nitrogens with one attached hydrogen (secondary N) is 1. The van der Waals surface area contributed by atoms with E-state index >= 15 is 0 Å². The molecule has 0 aliphatic heterocycles. The zero-order valence-corrected chi connectivity index (χ0v) is 16.6. The van der Waals surface area contributed by atoms with Crippen molar-refractivity contribution in [1.29, 1.82) is 0 Å². The summed E-state index contributed by atoms with van der Waals surface area (Å²) in [5.74, 6) is 0.741. The quantitative estimate of drug-likeness (QED) is 0.610. The van der Waals surface area contributed by atoms with E-state index in [1.54, 1.807) is 4.57 Å². The second-order valence-corrected chi connectivity index (χ2v) is 8.07. The first-order valence-electron chi connectivity index (χ1n) is 8.77. The maximum Gasteiger partial charge on any atom is 0.225 e. The third-order valence-electron chi connectivity index (χ3n) is 4.42. The largest absolute Gasteiger partial charge is 0.493 e. The summed E-state index contributed by atoms with van der Waals surface area (Å²) in [5, 5.41) is 14.8. The number of aryl methyl sites for hydroxylation is 1. The summed E-state index contributed by atoms with van der Waals surface area (Å²) in [5.41, 5.74) is 2.70. The van der Waals surface area contributed by atoms with Crippen molar-refractivity contribution < 1.29 is 5.11 Å². The van der Waals surface area contributed by atoms with Crippen LogP contribution in [0.4, 0.5) is 5.82 Å². The van der Waals surface area contributed by atoms with Crippen molar-refractivity contribution in [2.24, 2.45) is 0 Å². The summed E-state index contributed by atoms with van der Waals surface area (Å²) in [6.45, 7) is 10.3. The zero-order valence-electron chi connectivity index (χ0n) is 15.8. The van der Waals surface area contributed by atoms with E-state index in [9.17, 15) is 5.11 Å². The Kier molecular flexibility index (Phi) is 4.84. The molecule has 6 heteroatoms. The van der Waals surface area contributed by atoms with E-state index in [4.69, 9.17) is 11.6 Å². The molecule has 0 atom stereocenters. The molecule has 0 fully saturated rings. The van der Waals surface area contributed by atoms with Crippen molar-refractivity contribution >= 4 is 28.3 Å². The average molecular weight is 373 g/mol. The van der Waals surface area contributed by atoms with E-state index in [-0.39, 0.29) is 22.7 Å². The molecule has 0 radical (unpaired) electrons. The molecule has 5 nitrogen and oxygen atoms in total. The highest BCUT2D eigenvalue weighted by atomic mass is 35.5. The number of halogens is 1. The third-order valence-corrected chi connectivity index (χ3v) is 4.59. The van der Waals surface area contributed by atoms with E-state index in [2.05, 4.69) is 60.3 Å². The SMILES string of the molecule is Cc1ccc(CC(C)(C)Nc2nc(Cl)nc3c(O)n(C(C)C)cc23)cc1. The second-order valence-electron chi connectivity index (χ2n) is 7.73. The average Bonchev–Trinajstić information content (AvgIpc) is 2.87. The molecule has 3 aromatic rings. The van der Waals surface area contributed by atoms with Gasteiger partial charge < -0.3 is 15.0 Å². The van der Waals surface area contributed by atoms with E-state index in [1.807, 2.05) is 20.0 Å². The van der Waals surface area contributed by atoms with Gasteiger partial charge in [-0.1, -0.05) is 29.8 Å². The van der Waals surface area contributed by atoms with Gasteiger partial charge in [-0.2, -0.15) is 0 Å². The van der Waals surface area contributed by atoms with Crippen molar-refractivity contribution in [2.75, 3.05) is 5.32 Å². The molecule has 2 N–H and O–H groups in total. The molecule has 138 valence electrons. The third kappa shape index (κ3) is 3.78. The van der Waals surface area contributed by atoms with Crippen LogP contribution in [0, 0.1) is 6.92 Å². The summed E-state index contributed by atoms with van der Waals surface area (Å²) >= 11 is 6.11. The van der Waals surface area contributed by atoms with Crippen molar-refractivity contribution in [3.05, 3.63) is 46.9 Å². The van der Waals surface area contributed by atoms with Crippen molar-refractivity contribution in [3.63, 3.8) is 0 Å². The fourth-order valence-electron chi connectivity index (χ4n) is 3.13. The molecule has 0 aliphatic rings. The molecule has 26 heavy (non-hydrogen) atoms. The minimum atomic E-state index is -0.255. The fraction of sp³-hybridized carbons (Fsp3) is 0.400. The molecule has 0 unspecified atom stereocenters. The van der Waals surface area contributed by atoms with Gasteiger partial charge in [-0.05, 0) is 58.2 Å². The van der Waals surface area contributed by atoms with Crippen molar-refractivity contribution in [1.82, 2.24) is 14.5 Å². The predicted molar refractivity (Wildman–Crippen MR) is 107 cm³/mol. The van der Waals surface area contributed by atoms with Crippen molar-refractivity contribution in [2.45, 2.75) is 52.6 Å². The summed E-state index contributed by atoms with van der Waals surface area (Å²) < 4.78 is 1.77. The Hall–Kier alpha value is -2.27. The van der Waals surface area contributed by atoms with Gasteiger partial charge in [0.2, 0.25) is 11.2 Å². The van der Waals surface area contributed by atoms with Gasteiger partial charge in [0, 0.05) is 17.8 Å². The van der Waals surface area contributed by atoms with Crippen LogP contribution in [-0.4, -0.2) is 25.2 Å². The standard InChI is InChI=1S/C20H25ClN4O/c1-12(2)25-11-15-16(18(25)26)22-19(21)23-17(15)24-20(4,5)10-14-8-6-13(3)7-9-14/h6-9,11-12,26H,10H2,1-5H3,(H,22,23,24). The summed E-state index contributed by atoms with van der Waals surface area (Å²) in [6, 6.07) is 8.62. The number of aromatic hydroxyl groups is 1. The first-order valence-corrected chi connectivity index (χ1v) is 9.15. The topological polar surface area (TPSA) is 63.0 Å². The van der Waals surface area contributed by atoms with Gasteiger partial charge in [-0.15, -0.1) is 0 Å². The monoisotopic (exact) mass is 372 g/mol. The maximum absolute atomic E-state index is 10.5. The minimum Gasteiger partial charge on any atom is -0.493 e. The molecule has 2 aromatic heterocycles. The lowest BCUT2D eigenvalue weighted by molar-refractivity contribution is 0.404. The Balaban J connectivity index is 1.96. The molecule has 0 saturated carbocycles. The molecule has 0 spiro atoms. The van der Waals surface area contributed by atoms with Gasteiger partial charge in [0.25, 0.3) is 0 Å². The van der Waals surface area contributed by atoms with Crippen LogP contribution in [0.3, 0.4) is 0 Å². The van der Waals surface area contributed by atoms with Crippen LogP contribution >= 0.6 is 11.6 Å². The lowest BCUT2D eigenvalue weighted by Crippen LogP contribution is -2.34. The van der Waals surface area contributed by atoms with Gasteiger partial charge in [0.1, 0.15) is 11.3 Å². The van der Waals surface area contributed by atoms with E-state index in [0.717, 1.165) is 11.8 Å². The van der Waals surface area contributed by atoms with Crippen LogP contribution in [-0.2, 0) is 6.42 Å². The summed E-state index contributed by atoms with van der Waals surface area (Å²) in [4.78, 5) is 8.58. The number of fused-ring (bicyclic) bond motifs is 1. The molecular weight excluding hydrogens is 348 g/mol. The number of aromatic nitrogens is 3. The minimum absolute atomic E-state index is 0.108. The number of rotatable bonds is 5. The van der Waals surface area contributed by atoms with Gasteiger partial charge in [0.15, 0.2) is 0 Å². The Morgan fingerprint density at radius 2 is 1.85 bits per heavy atom. The fourth-order valence-corrected chi connectivity index (χ4v) is 3.30. The van der Waals surface area contributed by atoms with Gasteiger partial charge in [-0.3, -0.25) is 0 Å². The summed E-state index contributed by atoms with van der Waals surface area (Å²) in [6.07, 6.45) is 2.70. The van der Waals surface area contributed by atoms with Crippen LogP contribution < -0.4 is 5.32 Å². The van der Waals surface area contributed by atoms with Gasteiger partial charge >= 0.3 is 0 Å². The molecule has 1 aromatic carbocycles. The van der Waals surface area contributed by atoms with Crippen LogP contribution in [0.2, 0.25) is 5.28 Å². The number of hydrogen-bond donors (Lipinski definition) is 2. The lowest BCUT2D eigenvalue weighted by Gasteiger charge is -2.27. The molecule has 0 saturated heterocycles. The van der Waals surface area contributed by atoms with Crippen LogP contribution in [0.1, 0.15) is 44.9 Å². The smallest absolute Gasteiger partial charge is 0.225 e. The number of benzene rings is 1. The van der Waals surface area contributed by atoms with E-state index in [0.29, 0.717) is 11.3 Å². The first kappa shape index (κ1) is 18.5. The number of anilines is 1. The molecule has 0 bridgehead atoms. The molecule has 0 amide bonds. The summed E-state index contributed by atoms with van der Waals surface area (Å²) in [7, 11) is 0. The number of hydrogen-bond acceptors (Lipinski definition) is 4. The van der Waals surface area contributed by atoms with E-state index < -0.39 is 0 Å². The van der Waals surface area contributed by atoms with Crippen LogP contribution in [0.5, 0.6) is 5.88 Å². The Morgan fingerprint density at radius 1 is 1.19 bits per heavy atom. The Morgan fingerprint density at radius 3 is 2.46 bits per heavy atom. The number of nitrogens with zero attached hydrogens (tertiary/aromatic N) is 3. The first-order chi connectivity index (χ1) is 12.2. The van der Waals surface area contributed by atoms with Crippen LogP contribution in [0.25, 0.3) is 10.9 Å². The van der Waals surface area contributed by atoms with Crippen LogP contribution in [0.15, 0.2) is 30.5 Å². The highest BCUT2D eigenvalue weighted by Gasteiger charge is 2.23. The van der Waals surface area contributed by atoms with Gasteiger partial charge in [-0.25, -0.2) is 9.97 Å². The Labute approximate surface area is 159 Å². The normalized spacial score (nSPS) is 12.1. The predicted octanol–water partition coefficient (Wildman–Crippen LogP) is 5.11. The zero-order chi connectivity index (χ0) is 19.1. The molecule has 2 heterocycles. The molecule has 3 rings (SSSR count). The maximum atomic E-state index is 10.5. The Bertz CT molecular complexity index is 929. The lowest BCUT2D eigenvalue weighted by atomic mass is 9.94. The van der Waals surface area contributed by atoms with Gasteiger partial charge in [0.05, 0.1) is 5.39 Å². The molecular formula is C20H25ClN4O. The van der Waals surface area contributed by atoms with E-state index in [1.165, 1.54) is 11.1 Å². The highest BCUT2D eigenvalue weighted by Crippen LogP contribution is 2.34. The highest BCUT2D eigenvalue weighted by molar-refractivity contribution is 6.29. The van der Waals surface area contributed by atoms with Crippen molar-refractivity contribution in [3.8, 4) is 5.88 Å². The molecule has 0 aliphatic carbocycles. The second kappa shape index (κ2) is 6.80.